The molecule has 0 spiro atoms. The van der Waals surface area contributed by atoms with Gasteiger partial charge in [0.05, 0.1) is 18.8 Å². The minimum Gasteiger partial charge on any atom is -0.348 e. The van der Waals surface area contributed by atoms with Crippen LogP contribution in [-0.4, -0.2) is 28.3 Å². The SMILES string of the molecule is Cn1ncc2c1CCCC2NC(=O)CNC1CCCC1. The van der Waals surface area contributed by atoms with Crippen molar-refractivity contribution in [1.82, 2.24) is 20.4 Å². The van der Waals surface area contributed by atoms with Gasteiger partial charge < -0.3 is 10.6 Å². The summed E-state index contributed by atoms with van der Waals surface area (Å²) >= 11 is 0. The van der Waals surface area contributed by atoms with Crippen molar-refractivity contribution in [1.29, 1.82) is 0 Å². The quantitative estimate of drug-likeness (QED) is 0.875. The molecule has 2 aliphatic rings. The molecule has 1 heterocycles. The lowest BCUT2D eigenvalue weighted by Crippen LogP contribution is -2.40. The molecule has 110 valence electrons. The molecule has 0 aromatic carbocycles. The lowest BCUT2D eigenvalue weighted by Gasteiger charge is -2.24. The topological polar surface area (TPSA) is 59.0 Å². The number of hydrogen-bond acceptors (Lipinski definition) is 3. The van der Waals surface area contributed by atoms with Gasteiger partial charge in [0.25, 0.3) is 0 Å². The molecule has 0 radical (unpaired) electrons. The summed E-state index contributed by atoms with van der Waals surface area (Å²) in [6, 6.07) is 0.686. The van der Waals surface area contributed by atoms with E-state index in [2.05, 4.69) is 15.7 Å². The Balaban J connectivity index is 1.54. The van der Waals surface area contributed by atoms with E-state index in [9.17, 15) is 4.79 Å². The van der Waals surface area contributed by atoms with Crippen LogP contribution in [0.25, 0.3) is 0 Å². The van der Waals surface area contributed by atoms with Crippen LogP contribution in [0.4, 0.5) is 0 Å². The van der Waals surface area contributed by atoms with Gasteiger partial charge in [-0.05, 0) is 32.1 Å². The van der Waals surface area contributed by atoms with E-state index < -0.39 is 0 Å². The van der Waals surface area contributed by atoms with Crippen molar-refractivity contribution in [2.45, 2.75) is 57.0 Å². The van der Waals surface area contributed by atoms with E-state index in [-0.39, 0.29) is 11.9 Å². The second-order valence-electron chi connectivity index (χ2n) is 6.04. The Morgan fingerprint density at radius 3 is 2.95 bits per heavy atom. The molecule has 1 saturated carbocycles. The summed E-state index contributed by atoms with van der Waals surface area (Å²) in [5.41, 5.74) is 2.47. The molecule has 5 heteroatoms. The Morgan fingerprint density at radius 2 is 2.15 bits per heavy atom. The van der Waals surface area contributed by atoms with Gasteiger partial charge in [-0.15, -0.1) is 0 Å². The van der Waals surface area contributed by atoms with Crippen LogP contribution in [0.1, 0.15) is 55.8 Å². The summed E-state index contributed by atoms with van der Waals surface area (Å²) in [5, 5.41) is 10.8. The molecule has 1 amide bonds. The number of amides is 1. The Kier molecular flexibility index (Phi) is 4.05. The minimum atomic E-state index is 0.110. The first-order valence-corrected chi connectivity index (χ1v) is 7.77. The number of carbonyl (C=O) groups excluding carboxylic acids is 1. The maximum Gasteiger partial charge on any atom is 0.234 e. The second kappa shape index (κ2) is 5.95. The lowest BCUT2D eigenvalue weighted by atomic mass is 9.93. The Bertz CT molecular complexity index is 476. The highest BCUT2D eigenvalue weighted by Crippen LogP contribution is 2.28. The van der Waals surface area contributed by atoms with Crippen LogP contribution in [0, 0.1) is 0 Å². The van der Waals surface area contributed by atoms with Crippen molar-refractivity contribution in [2.24, 2.45) is 7.05 Å². The van der Waals surface area contributed by atoms with E-state index in [1.54, 1.807) is 0 Å². The van der Waals surface area contributed by atoms with Gasteiger partial charge >= 0.3 is 0 Å². The molecule has 1 aromatic rings. The fourth-order valence-corrected chi connectivity index (χ4v) is 3.47. The smallest absolute Gasteiger partial charge is 0.234 e. The maximum absolute atomic E-state index is 12.1. The monoisotopic (exact) mass is 276 g/mol. The zero-order valence-corrected chi connectivity index (χ0v) is 12.2. The number of aryl methyl sites for hydroxylation is 1. The highest BCUT2D eigenvalue weighted by molar-refractivity contribution is 5.78. The molecular formula is C15H24N4O. The molecule has 1 unspecified atom stereocenters. The largest absolute Gasteiger partial charge is 0.348 e. The van der Waals surface area contributed by atoms with Crippen LogP contribution in [0.2, 0.25) is 0 Å². The molecule has 0 saturated heterocycles. The normalized spacial score (nSPS) is 22.8. The third-order valence-corrected chi connectivity index (χ3v) is 4.62. The lowest BCUT2D eigenvalue weighted by molar-refractivity contribution is -0.121. The molecule has 2 aliphatic carbocycles. The van der Waals surface area contributed by atoms with Gasteiger partial charge in [-0.2, -0.15) is 5.10 Å². The molecule has 1 aromatic heterocycles. The first-order valence-electron chi connectivity index (χ1n) is 7.77. The van der Waals surface area contributed by atoms with Gasteiger partial charge in [-0.25, -0.2) is 0 Å². The molecule has 3 rings (SSSR count). The zero-order valence-electron chi connectivity index (χ0n) is 12.2. The van der Waals surface area contributed by atoms with Crippen molar-refractivity contribution in [2.75, 3.05) is 6.54 Å². The summed E-state index contributed by atoms with van der Waals surface area (Å²) in [7, 11) is 1.98. The summed E-state index contributed by atoms with van der Waals surface area (Å²) in [5.74, 6) is 0.110. The van der Waals surface area contributed by atoms with Crippen LogP contribution in [0.5, 0.6) is 0 Å². The van der Waals surface area contributed by atoms with Gasteiger partial charge in [-0.1, -0.05) is 12.8 Å². The second-order valence-corrected chi connectivity index (χ2v) is 6.04. The number of nitrogens with one attached hydrogen (secondary N) is 2. The van der Waals surface area contributed by atoms with Crippen LogP contribution in [-0.2, 0) is 18.3 Å². The van der Waals surface area contributed by atoms with E-state index in [1.807, 2.05) is 17.9 Å². The molecule has 2 N–H and O–H groups in total. The van der Waals surface area contributed by atoms with E-state index in [1.165, 1.54) is 36.9 Å². The molecule has 0 bridgehead atoms. The molecule has 20 heavy (non-hydrogen) atoms. The van der Waals surface area contributed by atoms with Gasteiger partial charge in [0.2, 0.25) is 5.91 Å². The maximum atomic E-state index is 12.1. The summed E-state index contributed by atoms with van der Waals surface area (Å²) < 4.78 is 1.93. The van der Waals surface area contributed by atoms with Crippen LogP contribution in [0.15, 0.2) is 6.20 Å². The first kappa shape index (κ1) is 13.6. The number of nitrogens with zero attached hydrogens (tertiary/aromatic N) is 2. The highest BCUT2D eigenvalue weighted by atomic mass is 16.2. The fraction of sp³-hybridized carbons (Fsp3) is 0.733. The molecule has 1 fully saturated rings. The number of hydrogen-bond donors (Lipinski definition) is 2. The van der Waals surface area contributed by atoms with Gasteiger partial charge in [-0.3, -0.25) is 9.48 Å². The average molecular weight is 276 g/mol. The van der Waals surface area contributed by atoms with E-state index in [0.717, 1.165) is 19.3 Å². The Labute approximate surface area is 120 Å². The van der Waals surface area contributed by atoms with Crippen LogP contribution >= 0.6 is 0 Å². The summed E-state index contributed by atoms with van der Waals surface area (Å²) in [4.78, 5) is 12.1. The number of carbonyl (C=O) groups is 1. The Morgan fingerprint density at radius 1 is 1.35 bits per heavy atom. The summed E-state index contributed by atoms with van der Waals surface area (Å²) in [6.07, 6.45) is 10.1. The predicted octanol–water partition coefficient (Wildman–Crippen LogP) is 1.45. The average Bonchev–Trinajstić information content (AvgIpc) is 3.08. The van der Waals surface area contributed by atoms with Gasteiger partial charge in [0, 0.05) is 24.3 Å². The third-order valence-electron chi connectivity index (χ3n) is 4.62. The molecule has 0 aliphatic heterocycles. The standard InChI is InChI=1S/C15H24N4O/c1-19-14-8-4-7-13(12(14)9-17-19)18-15(20)10-16-11-5-2-3-6-11/h9,11,13,16H,2-8,10H2,1H3,(H,18,20). The van der Waals surface area contributed by atoms with E-state index in [4.69, 9.17) is 0 Å². The minimum absolute atomic E-state index is 0.110. The predicted molar refractivity (Wildman–Crippen MR) is 77.3 cm³/mol. The van der Waals surface area contributed by atoms with Gasteiger partial charge in [0.15, 0.2) is 0 Å². The van der Waals surface area contributed by atoms with E-state index >= 15 is 0 Å². The zero-order chi connectivity index (χ0) is 13.9. The molecule has 1 atom stereocenters. The highest BCUT2D eigenvalue weighted by Gasteiger charge is 2.25. The van der Waals surface area contributed by atoms with Crippen molar-refractivity contribution in [3.8, 4) is 0 Å². The first-order chi connectivity index (χ1) is 9.74. The third kappa shape index (κ3) is 2.87. The Hall–Kier alpha value is -1.36. The van der Waals surface area contributed by atoms with Crippen molar-refractivity contribution in [3.05, 3.63) is 17.5 Å². The van der Waals surface area contributed by atoms with Gasteiger partial charge in [0.1, 0.15) is 0 Å². The fourth-order valence-electron chi connectivity index (χ4n) is 3.47. The van der Waals surface area contributed by atoms with Crippen molar-refractivity contribution >= 4 is 5.91 Å². The van der Waals surface area contributed by atoms with Crippen LogP contribution < -0.4 is 10.6 Å². The van der Waals surface area contributed by atoms with Crippen LogP contribution in [0.3, 0.4) is 0 Å². The van der Waals surface area contributed by atoms with Crippen molar-refractivity contribution < 1.29 is 4.79 Å². The van der Waals surface area contributed by atoms with E-state index in [0.29, 0.717) is 12.6 Å². The van der Waals surface area contributed by atoms with Crippen molar-refractivity contribution in [3.63, 3.8) is 0 Å². The number of rotatable bonds is 4. The number of fused-ring (bicyclic) bond motifs is 1. The molecular weight excluding hydrogens is 252 g/mol. The summed E-state index contributed by atoms with van der Waals surface area (Å²) in [6.45, 7) is 0.441. The molecule has 5 nitrogen and oxygen atoms in total. The number of aromatic nitrogens is 2.